The Balaban J connectivity index is 1.55. The Kier molecular flexibility index (Phi) is 6.60. The van der Waals surface area contributed by atoms with E-state index in [4.69, 9.17) is 0 Å². The Morgan fingerprint density at radius 3 is 2.85 bits per heavy atom. The summed E-state index contributed by atoms with van der Waals surface area (Å²) in [6, 6.07) is 11.2. The predicted octanol–water partition coefficient (Wildman–Crippen LogP) is 1.53. The standard InChI is InChI=1S/C19H29N7/c1-3-20-19(22-13-18-24-23-15-25(18)2)21-12-17-10-7-11-26(17)14-16-8-5-4-6-9-16/h4-6,8-9,15,17H,3,7,10-14H2,1-2H3,(H2,20,21,22). The van der Waals surface area contributed by atoms with Gasteiger partial charge >= 0.3 is 0 Å². The molecule has 7 nitrogen and oxygen atoms in total. The summed E-state index contributed by atoms with van der Waals surface area (Å²) in [5.41, 5.74) is 1.38. The van der Waals surface area contributed by atoms with Gasteiger partial charge in [-0.1, -0.05) is 30.3 Å². The molecule has 2 heterocycles. The smallest absolute Gasteiger partial charge is 0.191 e. The monoisotopic (exact) mass is 355 g/mol. The van der Waals surface area contributed by atoms with Crippen LogP contribution in [0.4, 0.5) is 0 Å². The van der Waals surface area contributed by atoms with Crippen LogP contribution in [0.5, 0.6) is 0 Å². The van der Waals surface area contributed by atoms with Crippen LogP contribution in [0.1, 0.15) is 31.2 Å². The number of aryl methyl sites for hydroxylation is 1. The van der Waals surface area contributed by atoms with Crippen molar-refractivity contribution < 1.29 is 0 Å². The summed E-state index contributed by atoms with van der Waals surface area (Å²) in [5.74, 6) is 1.69. The molecule has 26 heavy (non-hydrogen) atoms. The van der Waals surface area contributed by atoms with Gasteiger partial charge in [0.2, 0.25) is 0 Å². The van der Waals surface area contributed by atoms with Crippen LogP contribution in [0, 0.1) is 0 Å². The van der Waals surface area contributed by atoms with E-state index in [0.717, 1.165) is 38.0 Å². The van der Waals surface area contributed by atoms with E-state index < -0.39 is 0 Å². The SMILES string of the molecule is CCNC(=NCc1nncn1C)NCC1CCCN1Cc1ccccc1. The van der Waals surface area contributed by atoms with Crippen LogP contribution in [0.2, 0.25) is 0 Å². The molecule has 0 bridgehead atoms. The number of nitrogens with one attached hydrogen (secondary N) is 2. The summed E-state index contributed by atoms with van der Waals surface area (Å²) in [5, 5.41) is 14.8. The minimum atomic E-state index is 0.518. The van der Waals surface area contributed by atoms with Crippen molar-refractivity contribution in [1.82, 2.24) is 30.3 Å². The highest BCUT2D eigenvalue weighted by Crippen LogP contribution is 2.19. The van der Waals surface area contributed by atoms with Crippen LogP contribution >= 0.6 is 0 Å². The van der Waals surface area contributed by atoms with Gasteiger partial charge in [-0.3, -0.25) is 4.90 Å². The van der Waals surface area contributed by atoms with Gasteiger partial charge in [0, 0.05) is 32.7 Å². The normalized spacial score (nSPS) is 18.2. The quantitative estimate of drug-likeness (QED) is 0.582. The molecule has 7 heteroatoms. The van der Waals surface area contributed by atoms with Crippen LogP contribution in [0.3, 0.4) is 0 Å². The lowest BCUT2D eigenvalue weighted by Gasteiger charge is -2.25. The molecule has 1 aromatic carbocycles. The van der Waals surface area contributed by atoms with E-state index >= 15 is 0 Å². The average Bonchev–Trinajstić information content (AvgIpc) is 3.27. The van der Waals surface area contributed by atoms with Crippen molar-refractivity contribution >= 4 is 5.96 Å². The molecule has 1 saturated heterocycles. The van der Waals surface area contributed by atoms with Gasteiger partial charge in [0.05, 0.1) is 0 Å². The summed E-state index contributed by atoms with van der Waals surface area (Å²) in [6.45, 7) is 6.51. The Morgan fingerprint density at radius 1 is 1.27 bits per heavy atom. The first-order valence-corrected chi connectivity index (χ1v) is 9.39. The zero-order chi connectivity index (χ0) is 18.2. The average molecular weight is 355 g/mol. The number of hydrogen-bond donors (Lipinski definition) is 2. The third-order valence-corrected chi connectivity index (χ3v) is 4.76. The topological polar surface area (TPSA) is 70.4 Å². The first kappa shape index (κ1) is 18.4. The van der Waals surface area contributed by atoms with E-state index in [-0.39, 0.29) is 0 Å². The van der Waals surface area contributed by atoms with Gasteiger partial charge in [0.1, 0.15) is 12.9 Å². The van der Waals surface area contributed by atoms with E-state index in [2.05, 4.69) is 68.0 Å². The van der Waals surface area contributed by atoms with Crippen LogP contribution in [-0.2, 0) is 20.1 Å². The van der Waals surface area contributed by atoms with Crippen molar-refractivity contribution in [2.24, 2.45) is 12.0 Å². The second kappa shape index (κ2) is 9.33. The third kappa shape index (κ3) is 5.05. The molecule has 1 unspecified atom stereocenters. The fraction of sp³-hybridized carbons (Fsp3) is 0.526. The summed E-state index contributed by atoms with van der Waals surface area (Å²) in [6.07, 6.45) is 4.18. The van der Waals surface area contributed by atoms with Crippen molar-refractivity contribution in [1.29, 1.82) is 0 Å². The molecule has 2 aromatic rings. The lowest BCUT2D eigenvalue weighted by Crippen LogP contribution is -2.44. The zero-order valence-corrected chi connectivity index (χ0v) is 15.7. The zero-order valence-electron chi connectivity index (χ0n) is 15.7. The molecule has 0 amide bonds. The number of hydrogen-bond acceptors (Lipinski definition) is 4. The minimum absolute atomic E-state index is 0.518. The summed E-state index contributed by atoms with van der Waals surface area (Å²) in [7, 11) is 1.94. The van der Waals surface area contributed by atoms with Crippen LogP contribution in [-0.4, -0.2) is 51.3 Å². The van der Waals surface area contributed by atoms with Gasteiger partial charge in [-0.25, -0.2) is 4.99 Å². The van der Waals surface area contributed by atoms with Crippen molar-refractivity contribution in [3.05, 3.63) is 48.0 Å². The lowest BCUT2D eigenvalue weighted by molar-refractivity contribution is 0.245. The fourth-order valence-electron chi connectivity index (χ4n) is 3.31. The van der Waals surface area contributed by atoms with E-state index in [0.29, 0.717) is 12.6 Å². The molecular formula is C19H29N7. The largest absolute Gasteiger partial charge is 0.357 e. The summed E-state index contributed by atoms with van der Waals surface area (Å²) in [4.78, 5) is 7.20. The first-order valence-electron chi connectivity index (χ1n) is 9.39. The molecule has 0 spiro atoms. The highest BCUT2D eigenvalue weighted by atomic mass is 15.3. The molecule has 1 aliphatic rings. The van der Waals surface area contributed by atoms with Crippen LogP contribution < -0.4 is 10.6 Å². The maximum Gasteiger partial charge on any atom is 0.191 e. The predicted molar refractivity (Wildman–Crippen MR) is 104 cm³/mol. The van der Waals surface area contributed by atoms with Crippen molar-refractivity contribution in [2.75, 3.05) is 19.6 Å². The molecule has 1 fully saturated rings. The van der Waals surface area contributed by atoms with Crippen LogP contribution in [0.15, 0.2) is 41.7 Å². The third-order valence-electron chi connectivity index (χ3n) is 4.76. The highest BCUT2D eigenvalue weighted by molar-refractivity contribution is 5.79. The lowest BCUT2D eigenvalue weighted by atomic mass is 10.2. The van der Waals surface area contributed by atoms with Gasteiger partial charge in [0.15, 0.2) is 11.8 Å². The molecule has 140 valence electrons. The Hall–Kier alpha value is -2.41. The number of benzene rings is 1. The fourth-order valence-corrected chi connectivity index (χ4v) is 3.31. The Morgan fingerprint density at radius 2 is 2.12 bits per heavy atom. The van der Waals surface area contributed by atoms with E-state index in [1.165, 1.54) is 18.4 Å². The van der Waals surface area contributed by atoms with Gasteiger partial charge in [-0.15, -0.1) is 10.2 Å². The maximum atomic E-state index is 4.64. The van der Waals surface area contributed by atoms with Gasteiger partial charge in [-0.05, 0) is 31.9 Å². The second-order valence-corrected chi connectivity index (χ2v) is 6.69. The number of nitrogens with zero attached hydrogens (tertiary/aromatic N) is 5. The summed E-state index contributed by atoms with van der Waals surface area (Å²) < 4.78 is 1.89. The van der Waals surface area contributed by atoms with Crippen molar-refractivity contribution in [3.8, 4) is 0 Å². The van der Waals surface area contributed by atoms with Crippen LogP contribution in [0.25, 0.3) is 0 Å². The minimum Gasteiger partial charge on any atom is -0.357 e. The first-order chi connectivity index (χ1) is 12.8. The summed E-state index contributed by atoms with van der Waals surface area (Å²) >= 11 is 0. The number of guanidine groups is 1. The van der Waals surface area contributed by atoms with Gasteiger partial charge in [0.25, 0.3) is 0 Å². The molecule has 3 rings (SSSR count). The van der Waals surface area contributed by atoms with Gasteiger partial charge in [-0.2, -0.15) is 0 Å². The molecule has 0 radical (unpaired) electrons. The number of aliphatic imine (C=N–C) groups is 1. The molecular weight excluding hydrogens is 326 g/mol. The van der Waals surface area contributed by atoms with E-state index in [1.807, 2.05) is 11.6 Å². The van der Waals surface area contributed by atoms with E-state index in [1.54, 1.807) is 6.33 Å². The number of aromatic nitrogens is 3. The maximum absolute atomic E-state index is 4.64. The molecule has 0 aliphatic carbocycles. The molecule has 1 atom stereocenters. The number of likely N-dealkylation sites (tertiary alicyclic amines) is 1. The van der Waals surface area contributed by atoms with E-state index in [9.17, 15) is 0 Å². The molecule has 1 aliphatic heterocycles. The molecule has 0 saturated carbocycles. The number of rotatable bonds is 7. The molecule has 1 aromatic heterocycles. The second-order valence-electron chi connectivity index (χ2n) is 6.69. The van der Waals surface area contributed by atoms with Crippen molar-refractivity contribution in [2.45, 2.75) is 38.9 Å². The van der Waals surface area contributed by atoms with Gasteiger partial charge < -0.3 is 15.2 Å². The Bertz CT molecular complexity index is 695. The highest BCUT2D eigenvalue weighted by Gasteiger charge is 2.24. The Labute approximate surface area is 155 Å². The molecule has 2 N–H and O–H groups in total. The van der Waals surface area contributed by atoms with Crippen molar-refractivity contribution in [3.63, 3.8) is 0 Å².